The summed E-state index contributed by atoms with van der Waals surface area (Å²) in [6.07, 6.45) is -2.74. The Kier molecular flexibility index (Phi) is 5.71. The van der Waals surface area contributed by atoms with E-state index in [2.05, 4.69) is 0 Å². The van der Waals surface area contributed by atoms with E-state index in [0.717, 1.165) is 16.9 Å². The highest BCUT2D eigenvalue weighted by atomic mass is 16.7. The van der Waals surface area contributed by atoms with E-state index in [0.29, 0.717) is 19.8 Å². The Morgan fingerprint density at radius 2 is 1.59 bits per heavy atom. The molecule has 2 saturated heterocycles. The van der Waals surface area contributed by atoms with Crippen molar-refractivity contribution in [3.8, 4) is 5.75 Å². The zero-order valence-corrected chi connectivity index (χ0v) is 15.2. The second-order valence-electron chi connectivity index (χ2n) is 6.75. The highest BCUT2D eigenvalue weighted by molar-refractivity contribution is 5.26. The monoisotopic (exact) mass is 372 g/mol. The van der Waals surface area contributed by atoms with Crippen LogP contribution in [0.25, 0.3) is 0 Å². The number of rotatable bonds is 7. The lowest BCUT2D eigenvalue weighted by Gasteiger charge is -2.38. The van der Waals surface area contributed by atoms with Gasteiger partial charge in [-0.2, -0.15) is 0 Å². The van der Waals surface area contributed by atoms with E-state index in [1.54, 1.807) is 7.11 Å². The molecule has 0 unspecified atom stereocenters. The number of aliphatic hydroxyl groups is 1. The van der Waals surface area contributed by atoms with Crippen molar-refractivity contribution < 1.29 is 28.8 Å². The second kappa shape index (κ2) is 8.37. The van der Waals surface area contributed by atoms with Crippen molar-refractivity contribution in [2.24, 2.45) is 0 Å². The number of ether oxygens (including phenoxy) is 5. The summed E-state index contributed by atoms with van der Waals surface area (Å²) in [6.45, 7) is 1.17. The van der Waals surface area contributed by atoms with Gasteiger partial charge in [-0.15, -0.1) is 0 Å². The van der Waals surface area contributed by atoms with Crippen molar-refractivity contribution in [3.63, 3.8) is 0 Å². The Bertz CT molecular complexity index is 719. The van der Waals surface area contributed by atoms with Gasteiger partial charge in [-0.05, 0) is 23.3 Å². The summed E-state index contributed by atoms with van der Waals surface area (Å²) in [7, 11) is 1.63. The fourth-order valence-electron chi connectivity index (χ4n) is 3.43. The van der Waals surface area contributed by atoms with Crippen LogP contribution < -0.4 is 4.74 Å². The standard InChI is InChI=1S/C21H24O6/c1-23-16-9-7-15(8-10-16)12-25-20-18(22)21-26-13-17(27-21)19(20)24-11-14-5-3-2-4-6-14/h2-10,17-22H,11-13H2,1H3/t17-,18+,19-,20+,21-/m1/s1. The van der Waals surface area contributed by atoms with E-state index in [4.69, 9.17) is 23.7 Å². The number of benzene rings is 2. The Morgan fingerprint density at radius 3 is 2.30 bits per heavy atom. The molecule has 2 aromatic carbocycles. The molecule has 0 spiro atoms. The van der Waals surface area contributed by atoms with Crippen LogP contribution in [0.5, 0.6) is 5.75 Å². The van der Waals surface area contributed by atoms with Gasteiger partial charge in [-0.25, -0.2) is 0 Å². The highest BCUT2D eigenvalue weighted by Crippen LogP contribution is 2.32. The van der Waals surface area contributed by atoms with E-state index in [-0.39, 0.29) is 6.10 Å². The molecule has 2 aliphatic heterocycles. The Labute approximate surface area is 158 Å². The third-order valence-corrected chi connectivity index (χ3v) is 4.93. The summed E-state index contributed by atoms with van der Waals surface area (Å²) in [5.41, 5.74) is 2.05. The van der Waals surface area contributed by atoms with Gasteiger partial charge in [-0.3, -0.25) is 0 Å². The third kappa shape index (κ3) is 4.15. The first-order valence-corrected chi connectivity index (χ1v) is 9.10. The van der Waals surface area contributed by atoms with Crippen LogP contribution in [0.1, 0.15) is 11.1 Å². The van der Waals surface area contributed by atoms with Crippen molar-refractivity contribution in [1.29, 1.82) is 0 Å². The minimum absolute atomic E-state index is 0.247. The first kappa shape index (κ1) is 18.4. The summed E-state index contributed by atoms with van der Waals surface area (Å²) >= 11 is 0. The molecule has 0 aliphatic carbocycles. The van der Waals surface area contributed by atoms with Crippen LogP contribution in [0.3, 0.4) is 0 Å². The minimum Gasteiger partial charge on any atom is -0.497 e. The van der Waals surface area contributed by atoms with Gasteiger partial charge in [-0.1, -0.05) is 42.5 Å². The summed E-state index contributed by atoms with van der Waals surface area (Å²) in [5.74, 6) is 0.792. The van der Waals surface area contributed by atoms with Gasteiger partial charge in [0.15, 0.2) is 6.29 Å². The van der Waals surface area contributed by atoms with Crippen LogP contribution in [-0.2, 0) is 32.2 Å². The molecule has 2 bridgehead atoms. The van der Waals surface area contributed by atoms with E-state index < -0.39 is 24.6 Å². The lowest BCUT2D eigenvalue weighted by Crippen LogP contribution is -2.55. The maximum Gasteiger partial charge on any atom is 0.186 e. The molecule has 2 heterocycles. The molecular formula is C21H24O6. The first-order chi connectivity index (χ1) is 13.2. The van der Waals surface area contributed by atoms with E-state index in [9.17, 15) is 5.11 Å². The summed E-state index contributed by atoms with van der Waals surface area (Å²) in [6, 6.07) is 17.6. The van der Waals surface area contributed by atoms with Crippen molar-refractivity contribution in [2.45, 2.75) is 43.9 Å². The fourth-order valence-corrected chi connectivity index (χ4v) is 3.43. The van der Waals surface area contributed by atoms with Gasteiger partial charge in [0.25, 0.3) is 0 Å². The molecular weight excluding hydrogens is 348 g/mol. The number of hydrogen-bond acceptors (Lipinski definition) is 6. The molecule has 27 heavy (non-hydrogen) atoms. The minimum atomic E-state index is -0.900. The van der Waals surface area contributed by atoms with E-state index in [1.165, 1.54) is 0 Å². The van der Waals surface area contributed by atoms with Crippen LogP contribution in [-0.4, -0.2) is 49.5 Å². The van der Waals surface area contributed by atoms with Crippen molar-refractivity contribution >= 4 is 0 Å². The normalized spacial score (nSPS) is 29.6. The van der Waals surface area contributed by atoms with E-state index in [1.807, 2.05) is 54.6 Å². The van der Waals surface area contributed by atoms with Gasteiger partial charge < -0.3 is 28.8 Å². The average Bonchev–Trinajstić information content (AvgIpc) is 3.16. The molecule has 0 aromatic heterocycles. The molecule has 0 radical (unpaired) electrons. The van der Waals surface area contributed by atoms with Crippen LogP contribution in [0, 0.1) is 0 Å². The fraction of sp³-hybridized carbons (Fsp3) is 0.429. The Balaban J connectivity index is 1.43. The molecule has 0 amide bonds. The lowest BCUT2D eigenvalue weighted by molar-refractivity contribution is -0.254. The summed E-state index contributed by atoms with van der Waals surface area (Å²) in [4.78, 5) is 0. The first-order valence-electron chi connectivity index (χ1n) is 9.10. The molecule has 144 valence electrons. The topological polar surface area (TPSA) is 66.4 Å². The molecule has 0 saturated carbocycles. The van der Waals surface area contributed by atoms with E-state index >= 15 is 0 Å². The molecule has 4 rings (SSSR count). The molecule has 2 aromatic rings. The van der Waals surface area contributed by atoms with Crippen LogP contribution in [0.4, 0.5) is 0 Å². The second-order valence-corrected chi connectivity index (χ2v) is 6.75. The van der Waals surface area contributed by atoms with Gasteiger partial charge in [0.1, 0.15) is 30.2 Å². The summed E-state index contributed by atoms with van der Waals surface area (Å²) in [5, 5.41) is 10.6. The molecule has 1 N–H and O–H groups in total. The smallest absolute Gasteiger partial charge is 0.186 e. The SMILES string of the molecule is COc1ccc(CO[C@H]2[C@H](O)[C@@H]3OC[C@@H](O3)[C@H]2OCc2ccccc2)cc1. The molecule has 6 nitrogen and oxygen atoms in total. The van der Waals surface area contributed by atoms with Crippen molar-refractivity contribution in [3.05, 3.63) is 65.7 Å². The largest absolute Gasteiger partial charge is 0.497 e. The molecule has 2 aliphatic rings. The Hall–Kier alpha value is -1.96. The van der Waals surface area contributed by atoms with Gasteiger partial charge in [0.05, 0.1) is 26.9 Å². The zero-order valence-electron chi connectivity index (χ0n) is 15.2. The maximum absolute atomic E-state index is 10.6. The van der Waals surface area contributed by atoms with Crippen molar-refractivity contribution in [2.75, 3.05) is 13.7 Å². The molecule has 6 heteroatoms. The quantitative estimate of drug-likeness (QED) is 0.804. The van der Waals surface area contributed by atoms with Crippen LogP contribution in [0.2, 0.25) is 0 Å². The Morgan fingerprint density at radius 1 is 0.926 bits per heavy atom. The highest BCUT2D eigenvalue weighted by Gasteiger charge is 2.51. The van der Waals surface area contributed by atoms with Gasteiger partial charge >= 0.3 is 0 Å². The number of fused-ring (bicyclic) bond motifs is 2. The number of hydrogen-bond donors (Lipinski definition) is 1. The predicted octanol–water partition coefficient (Wildman–Crippen LogP) is 2.28. The van der Waals surface area contributed by atoms with Crippen LogP contribution >= 0.6 is 0 Å². The number of aliphatic hydroxyl groups excluding tert-OH is 1. The molecule has 2 fully saturated rings. The van der Waals surface area contributed by atoms with Crippen LogP contribution in [0.15, 0.2) is 54.6 Å². The lowest BCUT2D eigenvalue weighted by atomic mass is 10.0. The van der Waals surface area contributed by atoms with Gasteiger partial charge in [0.2, 0.25) is 0 Å². The average molecular weight is 372 g/mol. The predicted molar refractivity (Wildman–Crippen MR) is 97.2 cm³/mol. The molecule has 5 atom stereocenters. The summed E-state index contributed by atoms with van der Waals surface area (Å²) < 4.78 is 28.6. The number of methoxy groups -OCH3 is 1. The maximum atomic E-state index is 10.6. The zero-order chi connectivity index (χ0) is 18.6. The third-order valence-electron chi connectivity index (χ3n) is 4.93. The van der Waals surface area contributed by atoms with Gasteiger partial charge in [0, 0.05) is 0 Å². The van der Waals surface area contributed by atoms with Crippen molar-refractivity contribution in [1.82, 2.24) is 0 Å².